The molecule has 0 aromatic heterocycles. The van der Waals surface area contributed by atoms with Gasteiger partial charge in [-0.25, -0.2) is 0 Å². The highest BCUT2D eigenvalue weighted by molar-refractivity contribution is 5.95. The van der Waals surface area contributed by atoms with Crippen molar-refractivity contribution in [2.75, 3.05) is 18.0 Å². The number of hydrogen-bond donors (Lipinski definition) is 2. The maximum Gasteiger partial charge on any atom is 0.303 e. The Bertz CT molecular complexity index is 524. The molecule has 0 atom stereocenters. The van der Waals surface area contributed by atoms with Crippen LogP contribution in [0.25, 0.3) is 0 Å². The van der Waals surface area contributed by atoms with E-state index in [2.05, 4.69) is 24.1 Å². The van der Waals surface area contributed by atoms with Crippen LogP contribution >= 0.6 is 0 Å². The maximum absolute atomic E-state index is 12.3. The lowest BCUT2D eigenvalue weighted by Gasteiger charge is -2.26. The molecule has 0 aliphatic carbocycles. The maximum atomic E-state index is 12.3. The molecule has 1 aromatic rings. The Hall–Kier alpha value is -2.04. The number of hydrogen-bond acceptors (Lipinski definition) is 3. The van der Waals surface area contributed by atoms with E-state index in [1.165, 1.54) is 0 Å². The molecular weight excluding hydrogens is 292 g/mol. The summed E-state index contributed by atoms with van der Waals surface area (Å²) in [6.07, 6.45) is 1.51. The van der Waals surface area contributed by atoms with Gasteiger partial charge in [-0.3, -0.25) is 9.59 Å². The van der Waals surface area contributed by atoms with Crippen molar-refractivity contribution in [1.29, 1.82) is 0 Å². The lowest BCUT2D eigenvalue weighted by molar-refractivity contribution is -0.137. The predicted octanol–water partition coefficient (Wildman–Crippen LogP) is 3.30. The standard InChI is InChI=1S/C18H28N2O3/c1-5-13-20(6-2)15-9-7-14(8-10-15)17(23)19-18(3,4)12-11-16(21)22/h7-10H,5-6,11-13H2,1-4H3,(H,19,23)(H,21,22). The van der Waals surface area contributed by atoms with Crippen molar-refractivity contribution in [1.82, 2.24) is 5.32 Å². The molecule has 0 aliphatic rings. The molecule has 0 fully saturated rings. The minimum atomic E-state index is -0.854. The lowest BCUT2D eigenvalue weighted by atomic mass is 9.97. The second-order valence-electron chi connectivity index (χ2n) is 6.36. The largest absolute Gasteiger partial charge is 0.481 e. The highest BCUT2D eigenvalue weighted by Crippen LogP contribution is 2.17. The number of amides is 1. The first kappa shape index (κ1) is 19.0. The lowest BCUT2D eigenvalue weighted by Crippen LogP contribution is -2.43. The topological polar surface area (TPSA) is 69.6 Å². The minimum Gasteiger partial charge on any atom is -0.481 e. The van der Waals surface area contributed by atoms with Crippen LogP contribution in [-0.4, -0.2) is 35.6 Å². The number of aliphatic carboxylic acids is 1. The smallest absolute Gasteiger partial charge is 0.303 e. The summed E-state index contributed by atoms with van der Waals surface area (Å²) in [5.74, 6) is -1.03. The molecule has 5 nitrogen and oxygen atoms in total. The normalized spacial score (nSPS) is 11.1. The average Bonchev–Trinajstić information content (AvgIpc) is 2.50. The molecular formula is C18H28N2O3. The van der Waals surface area contributed by atoms with Crippen LogP contribution in [0.2, 0.25) is 0 Å². The first-order valence-corrected chi connectivity index (χ1v) is 8.18. The van der Waals surface area contributed by atoms with Crippen LogP contribution in [0.5, 0.6) is 0 Å². The predicted molar refractivity (Wildman–Crippen MR) is 93.0 cm³/mol. The van der Waals surface area contributed by atoms with E-state index in [0.29, 0.717) is 12.0 Å². The number of carboxylic acid groups (broad SMARTS) is 1. The Labute approximate surface area is 138 Å². The van der Waals surface area contributed by atoms with E-state index in [9.17, 15) is 9.59 Å². The van der Waals surface area contributed by atoms with E-state index < -0.39 is 11.5 Å². The molecule has 128 valence electrons. The number of nitrogens with zero attached hydrogens (tertiary/aromatic N) is 1. The number of carboxylic acids is 1. The van der Waals surface area contributed by atoms with Gasteiger partial charge in [0.1, 0.15) is 0 Å². The summed E-state index contributed by atoms with van der Waals surface area (Å²) in [7, 11) is 0. The average molecular weight is 320 g/mol. The Morgan fingerprint density at radius 3 is 2.26 bits per heavy atom. The van der Waals surface area contributed by atoms with Gasteiger partial charge in [0.15, 0.2) is 0 Å². The third-order valence-corrected chi connectivity index (χ3v) is 3.79. The van der Waals surface area contributed by atoms with Crippen LogP contribution in [0.1, 0.15) is 57.3 Å². The molecule has 5 heteroatoms. The Morgan fingerprint density at radius 2 is 1.78 bits per heavy atom. The number of nitrogens with one attached hydrogen (secondary N) is 1. The van der Waals surface area contributed by atoms with Crippen molar-refractivity contribution in [2.45, 2.75) is 52.5 Å². The van der Waals surface area contributed by atoms with Crippen molar-refractivity contribution in [2.24, 2.45) is 0 Å². The molecule has 23 heavy (non-hydrogen) atoms. The molecule has 1 rings (SSSR count). The molecule has 0 unspecified atom stereocenters. The molecule has 0 bridgehead atoms. The van der Waals surface area contributed by atoms with Gasteiger partial charge in [0, 0.05) is 36.3 Å². The molecule has 1 aromatic carbocycles. The summed E-state index contributed by atoms with van der Waals surface area (Å²) < 4.78 is 0. The van der Waals surface area contributed by atoms with Gasteiger partial charge in [0.2, 0.25) is 0 Å². The van der Waals surface area contributed by atoms with Gasteiger partial charge in [-0.05, 0) is 57.9 Å². The van der Waals surface area contributed by atoms with Crippen LogP contribution in [0.4, 0.5) is 5.69 Å². The Morgan fingerprint density at radius 1 is 1.17 bits per heavy atom. The van der Waals surface area contributed by atoms with Crippen molar-refractivity contribution < 1.29 is 14.7 Å². The highest BCUT2D eigenvalue weighted by atomic mass is 16.4. The van der Waals surface area contributed by atoms with E-state index >= 15 is 0 Å². The summed E-state index contributed by atoms with van der Waals surface area (Å²) >= 11 is 0. The second-order valence-corrected chi connectivity index (χ2v) is 6.36. The van der Waals surface area contributed by atoms with E-state index in [1.807, 2.05) is 38.1 Å². The van der Waals surface area contributed by atoms with Gasteiger partial charge in [-0.2, -0.15) is 0 Å². The molecule has 0 radical (unpaired) electrons. The van der Waals surface area contributed by atoms with Gasteiger partial charge >= 0.3 is 5.97 Å². The summed E-state index contributed by atoms with van der Waals surface area (Å²) in [5.41, 5.74) is 1.15. The second kappa shape index (κ2) is 8.56. The van der Waals surface area contributed by atoms with Gasteiger partial charge in [-0.15, -0.1) is 0 Å². The van der Waals surface area contributed by atoms with Crippen LogP contribution in [0, 0.1) is 0 Å². The van der Waals surface area contributed by atoms with Crippen LogP contribution in [0.15, 0.2) is 24.3 Å². The zero-order valence-corrected chi connectivity index (χ0v) is 14.6. The van der Waals surface area contributed by atoms with Crippen molar-refractivity contribution in [3.63, 3.8) is 0 Å². The molecule has 0 saturated carbocycles. The Kier molecular flexibility index (Phi) is 7.07. The quantitative estimate of drug-likeness (QED) is 0.732. The van der Waals surface area contributed by atoms with Crippen LogP contribution < -0.4 is 10.2 Å². The number of anilines is 1. The van der Waals surface area contributed by atoms with E-state index in [4.69, 9.17) is 5.11 Å². The number of rotatable bonds is 9. The summed E-state index contributed by atoms with van der Waals surface area (Å²) in [6, 6.07) is 7.54. The molecule has 0 spiro atoms. The van der Waals surface area contributed by atoms with E-state index in [-0.39, 0.29) is 12.3 Å². The van der Waals surface area contributed by atoms with Crippen LogP contribution in [0.3, 0.4) is 0 Å². The van der Waals surface area contributed by atoms with Crippen molar-refractivity contribution in [3.8, 4) is 0 Å². The minimum absolute atomic E-state index is 0.0364. The molecule has 0 aliphatic heterocycles. The van der Waals surface area contributed by atoms with E-state index in [0.717, 1.165) is 25.2 Å². The summed E-state index contributed by atoms with van der Waals surface area (Å²) in [4.78, 5) is 25.2. The summed E-state index contributed by atoms with van der Waals surface area (Å²) in [5, 5.41) is 11.7. The van der Waals surface area contributed by atoms with Crippen molar-refractivity contribution >= 4 is 17.6 Å². The zero-order chi connectivity index (χ0) is 17.5. The molecule has 2 N–H and O–H groups in total. The van der Waals surface area contributed by atoms with Gasteiger partial charge in [0.25, 0.3) is 5.91 Å². The van der Waals surface area contributed by atoms with Gasteiger partial charge in [0.05, 0.1) is 0 Å². The first-order valence-electron chi connectivity index (χ1n) is 8.18. The zero-order valence-electron chi connectivity index (χ0n) is 14.6. The van der Waals surface area contributed by atoms with Crippen molar-refractivity contribution in [3.05, 3.63) is 29.8 Å². The third kappa shape index (κ3) is 6.30. The number of benzene rings is 1. The van der Waals surface area contributed by atoms with Gasteiger partial charge < -0.3 is 15.3 Å². The van der Waals surface area contributed by atoms with E-state index in [1.54, 1.807) is 0 Å². The summed E-state index contributed by atoms with van der Waals surface area (Å²) in [6.45, 7) is 9.85. The number of carbonyl (C=O) groups is 2. The Balaban J connectivity index is 2.71. The number of carbonyl (C=O) groups excluding carboxylic acids is 1. The first-order chi connectivity index (χ1) is 10.8. The molecule has 1 amide bonds. The fourth-order valence-electron chi connectivity index (χ4n) is 2.42. The van der Waals surface area contributed by atoms with Crippen LogP contribution in [-0.2, 0) is 4.79 Å². The van der Waals surface area contributed by atoms with Gasteiger partial charge in [-0.1, -0.05) is 6.92 Å². The SMILES string of the molecule is CCCN(CC)c1ccc(C(=O)NC(C)(C)CCC(=O)O)cc1. The fraction of sp³-hybridized carbons (Fsp3) is 0.556. The fourth-order valence-corrected chi connectivity index (χ4v) is 2.42. The highest BCUT2D eigenvalue weighted by Gasteiger charge is 2.22. The third-order valence-electron chi connectivity index (χ3n) is 3.79. The molecule has 0 heterocycles. The molecule has 0 saturated heterocycles. The monoisotopic (exact) mass is 320 g/mol.